The molecule has 1 rings (SSSR count). The molecule has 0 saturated heterocycles. The van der Waals surface area contributed by atoms with E-state index >= 15 is 0 Å². The van der Waals surface area contributed by atoms with Gasteiger partial charge in [-0.05, 0) is 31.9 Å². The van der Waals surface area contributed by atoms with Gasteiger partial charge in [0.15, 0.2) is 0 Å². The molecule has 4 nitrogen and oxygen atoms in total. The zero-order chi connectivity index (χ0) is 15.3. The Bertz CT molecular complexity index is 477. The van der Waals surface area contributed by atoms with Gasteiger partial charge in [0.05, 0.1) is 4.92 Å². The van der Waals surface area contributed by atoms with E-state index in [9.17, 15) is 27.7 Å². The summed E-state index contributed by atoms with van der Waals surface area (Å²) in [5.41, 5.74) is -0.366. The summed E-state index contributed by atoms with van der Waals surface area (Å²) in [5, 5.41) is 13.4. The van der Waals surface area contributed by atoms with E-state index in [-0.39, 0.29) is 18.9 Å². The summed E-state index contributed by atoms with van der Waals surface area (Å²) in [6, 6.07) is 2.98. The molecule has 0 radical (unpaired) electrons. The van der Waals surface area contributed by atoms with Gasteiger partial charge in [-0.1, -0.05) is 0 Å². The highest BCUT2D eigenvalue weighted by atomic mass is 19.4. The average Bonchev–Trinajstić information content (AvgIpc) is 2.29. The molecule has 1 aromatic carbocycles. The van der Waals surface area contributed by atoms with Crippen molar-refractivity contribution in [3.8, 4) is 0 Å². The first-order valence-electron chi connectivity index (χ1n) is 5.96. The number of hydrogen-bond acceptors (Lipinski definition) is 3. The molecule has 0 fully saturated rings. The average molecular weight is 294 g/mol. The second-order valence-corrected chi connectivity index (χ2v) is 4.48. The van der Waals surface area contributed by atoms with Crippen LogP contribution in [0.4, 0.5) is 28.9 Å². The van der Waals surface area contributed by atoms with Gasteiger partial charge >= 0.3 is 11.9 Å². The third-order valence-corrected chi connectivity index (χ3v) is 2.65. The molecule has 20 heavy (non-hydrogen) atoms. The van der Waals surface area contributed by atoms with E-state index in [0.29, 0.717) is 5.69 Å². The number of alkyl halides is 3. The van der Waals surface area contributed by atoms with Gasteiger partial charge in [0.25, 0.3) is 0 Å². The lowest BCUT2D eigenvalue weighted by Crippen LogP contribution is -2.17. The van der Waals surface area contributed by atoms with Crippen LogP contribution in [0.2, 0.25) is 0 Å². The van der Waals surface area contributed by atoms with E-state index < -0.39 is 29.0 Å². The Kier molecular flexibility index (Phi) is 5.29. The minimum Gasteiger partial charge on any atom is -0.382 e. The maximum Gasteiger partial charge on any atom is 0.389 e. The summed E-state index contributed by atoms with van der Waals surface area (Å²) >= 11 is 0. The summed E-state index contributed by atoms with van der Waals surface area (Å²) in [6.07, 6.45) is -4.84. The number of anilines is 1. The first-order chi connectivity index (χ1) is 9.19. The van der Waals surface area contributed by atoms with Crippen LogP contribution in [-0.2, 0) is 0 Å². The Morgan fingerprint density at radius 3 is 2.60 bits per heavy atom. The molecule has 0 amide bonds. The van der Waals surface area contributed by atoms with E-state index in [2.05, 4.69) is 5.32 Å². The van der Waals surface area contributed by atoms with Gasteiger partial charge in [-0.2, -0.15) is 17.6 Å². The zero-order valence-corrected chi connectivity index (χ0v) is 10.7. The fourth-order valence-electron chi connectivity index (χ4n) is 1.71. The predicted octanol–water partition coefficient (Wildman–Crippen LogP) is 4.27. The van der Waals surface area contributed by atoms with E-state index in [1.165, 1.54) is 6.07 Å². The summed E-state index contributed by atoms with van der Waals surface area (Å²) in [6.45, 7) is 1.66. The molecule has 8 heteroatoms. The van der Waals surface area contributed by atoms with Crippen molar-refractivity contribution >= 4 is 11.4 Å². The van der Waals surface area contributed by atoms with E-state index in [4.69, 9.17) is 0 Å². The van der Waals surface area contributed by atoms with Crippen LogP contribution in [0.3, 0.4) is 0 Å². The van der Waals surface area contributed by atoms with Gasteiger partial charge in [0.1, 0.15) is 0 Å². The molecule has 0 aliphatic heterocycles. The monoisotopic (exact) mass is 294 g/mol. The summed E-state index contributed by atoms with van der Waals surface area (Å²) in [5.74, 6) is -0.953. The lowest BCUT2D eigenvalue weighted by Gasteiger charge is -2.15. The standard InChI is InChI=1S/C12H14F4N2O2/c1-8(3-2-6-12(14,15)16)17-9-4-5-10(13)11(7-9)18(19)20/h4-5,7-8,17H,2-3,6H2,1H3. The highest BCUT2D eigenvalue weighted by Crippen LogP contribution is 2.25. The van der Waals surface area contributed by atoms with Crippen LogP contribution in [0, 0.1) is 15.9 Å². The number of benzene rings is 1. The third-order valence-electron chi connectivity index (χ3n) is 2.65. The molecule has 0 aromatic heterocycles. The minimum atomic E-state index is -4.19. The van der Waals surface area contributed by atoms with Crippen molar-refractivity contribution < 1.29 is 22.5 Å². The number of halogens is 4. The number of nitro benzene ring substituents is 1. The molecule has 112 valence electrons. The quantitative estimate of drug-likeness (QED) is 0.484. The summed E-state index contributed by atoms with van der Waals surface area (Å²) < 4.78 is 49.0. The Morgan fingerprint density at radius 1 is 1.40 bits per heavy atom. The number of rotatable bonds is 6. The zero-order valence-electron chi connectivity index (χ0n) is 10.7. The van der Waals surface area contributed by atoms with Gasteiger partial charge < -0.3 is 5.32 Å². The van der Waals surface area contributed by atoms with Crippen molar-refractivity contribution in [3.05, 3.63) is 34.1 Å². The second-order valence-electron chi connectivity index (χ2n) is 4.48. The summed E-state index contributed by atoms with van der Waals surface area (Å²) in [7, 11) is 0. The number of hydrogen-bond donors (Lipinski definition) is 1. The van der Waals surface area contributed by atoms with E-state index in [0.717, 1.165) is 12.1 Å². The predicted molar refractivity (Wildman–Crippen MR) is 66.0 cm³/mol. The minimum absolute atomic E-state index is 0.0407. The van der Waals surface area contributed by atoms with Crippen LogP contribution in [0.5, 0.6) is 0 Å². The van der Waals surface area contributed by atoms with Crippen LogP contribution >= 0.6 is 0 Å². The van der Waals surface area contributed by atoms with Crippen LogP contribution in [0.1, 0.15) is 26.2 Å². The van der Waals surface area contributed by atoms with Crippen LogP contribution in [0.25, 0.3) is 0 Å². The number of nitrogens with zero attached hydrogens (tertiary/aromatic N) is 1. The van der Waals surface area contributed by atoms with E-state index in [1.54, 1.807) is 6.92 Å². The van der Waals surface area contributed by atoms with Crippen LogP contribution < -0.4 is 5.32 Å². The van der Waals surface area contributed by atoms with Gasteiger partial charge in [-0.3, -0.25) is 10.1 Å². The molecular formula is C12H14F4N2O2. The third kappa shape index (κ3) is 5.41. The molecule has 1 atom stereocenters. The maximum atomic E-state index is 13.1. The van der Waals surface area contributed by atoms with Crippen molar-refractivity contribution in [1.82, 2.24) is 0 Å². The van der Waals surface area contributed by atoms with Gasteiger partial charge in [-0.15, -0.1) is 0 Å². The van der Waals surface area contributed by atoms with Crippen molar-refractivity contribution in [1.29, 1.82) is 0 Å². The normalized spacial score (nSPS) is 13.1. The van der Waals surface area contributed by atoms with Crippen molar-refractivity contribution in [2.45, 2.75) is 38.4 Å². The lowest BCUT2D eigenvalue weighted by molar-refractivity contribution is -0.387. The fourth-order valence-corrected chi connectivity index (χ4v) is 1.71. The molecule has 0 aliphatic carbocycles. The number of nitro groups is 1. The molecule has 0 heterocycles. The molecule has 0 spiro atoms. The maximum absolute atomic E-state index is 13.1. The molecule has 1 aromatic rings. The van der Waals surface area contributed by atoms with Gasteiger partial charge in [0, 0.05) is 24.2 Å². The largest absolute Gasteiger partial charge is 0.389 e. The SMILES string of the molecule is CC(CCCC(F)(F)F)Nc1ccc(F)c([N+](=O)[O-])c1. The topological polar surface area (TPSA) is 55.2 Å². The van der Waals surface area contributed by atoms with Gasteiger partial charge in [-0.25, -0.2) is 0 Å². The molecule has 1 unspecified atom stereocenters. The summed E-state index contributed by atoms with van der Waals surface area (Å²) in [4.78, 5) is 9.70. The Hall–Kier alpha value is -1.86. The smallest absolute Gasteiger partial charge is 0.382 e. The Balaban J connectivity index is 2.56. The molecule has 0 bridgehead atoms. The molecule has 1 N–H and O–H groups in total. The first kappa shape index (κ1) is 16.2. The van der Waals surface area contributed by atoms with Crippen molar-refractivity contribution in [3.63, 3.8) is 0 Å². The molecule has 0 saturated carbocycles. The van der Waals surface area contributed by atoms with Gasteiger partial charge in [0.2, 0.25) is 5.82 Å². The van der Waals surface area contributed by atoms with E-state index in [1.807, 2.05) is 0 Å². The number of nitrogens with one attached hydrogen (secondary N) is 1. The Morgan fingerprint density at radius 2 is 2.05 bits per heavy atom. The van der Waals surface area contributed by atoms with Crippen LogP contribution in [0.15, 0.2) is 18.2 Å². The van der Waals surface area contributed by atoms with Crippen LogP contribution in [-0.4, -0.2) is 17.1 Å². The first-order valence-corrected chi connectivity index (χ1v) is 5.96. The van der Waals surface area contributed by atoms with Crippen molar-refractivity contribution in [2.75, 3.05) is 5.32 Å². The molecular weight excluding hydrogens is 280 g/mol. The fraction of sp³-hybridized carbons (Fsp3) is 0.500. The molecule has 0 aliphatic rings. The second kappa shape index (κ2) is 6.53. The Labute approximate surface area is 112 Å². The highest BCUT2D eigenvalue weighted by molar-refractivity contribution is 5.52. The highest BCUT2D eigenvalue weighted by Gasteiger charge is 2.26. The lowest BCUT2D eigenvalue weighted by atomic mass is 10.1. The van der Waals surface area contributed by atoms with Crippen molar-refractivity contribution in [2.24, 2.45) is 0 Å².